The molecule has 2 atom stereocenters. The Morgan fingerprint density at radius 2 is 1.93 bits per heavy atom. The number of ether oxygens (including phenoxy) is 1. The maximum Gasteiger partial charge on any atom is 0.311 e. The van der Waals surface area contributed by atoms with Crippen LogP contribution in [0.5, 0.6) is 0 Å². The minimum Gasteiger partial charge on any atom is -0.481 e. The summed E-state index contributed by atoms with van der Waals surface area (Å²) in [6.45, 7) is 4.06. The van der Waals surface area contributed by atoms with E-state index in [-0.39, 0.29) is 30.9 Å². The Morgan fingerprint density at radius 1 is 1.29 bits per heavy atom. The van der Waals surface area contributed by atoms with Crippen molar-refractivity contribution in [2.75, 3.05) is 13.2 Å². The van der Waals surface area contributed by atoms with Gasteiger partial charge in [-0.15, -0.1) is 12.4 Å². The third-order valence-corrected chi connectivity index (χ3v) is 4.78. The fourth-order valence-corrected chi connectivity index (χ4v) is 3.20. The van der Waals surface area contributed by atoms with E-state index < -0.39 is 11.4 Å². The number of hydrogen-bond acceptors (Lipinski definition) is 3. The maximum atomic E-state index is 14.0. The molecule has 0 fully saturated rings. The van der Waals surface area contributed by atoms with Crippen molar-refractivity contribution < 1.29 is 19.0 Å². The topological polar surface area (TPSA) is 72.5 Å². The van der Waals surface area contributed by atoms with Crippen LogP contribution in [-0.4, -0.2) is 30.3 Å². The Labute approximate surface area is 176 Å². The number of carboxylic acids is 1. The Kier molecular flexibility index (Phi) is 9.37. The first-order valence-electron chi connectivity index (χ1n) is 8.86. The highest BCUT2D eigenvalue weighted by Gasteiger charge is 2.35. The van der Waals surface area contributed by atoms with Crippen LogP contribution in [0.1, 0.15) is 25.8 Å². The van der Waals surface area contributed by atoms with Crippen LogP contribution >= 0.6 is 24.0 Å². The van der Waals surface area contributed by atoms with Crippen LogP contribution in [0.15, 0.2) is 42.5 Å². The molecule has 3 N–H and O–H groups in total. The van der Waals surface area contributed by atoms with E-state index in [0.717, 1.165) is 11.1 Å². The van der Waals surface area contributed by atoms with E-state index in [4.69, 9.17) is 22.1 Å². The minimum absolute atomic E-state index is 0. The van der Waals surface area contributed by atoms with Crippen LogP contribution in [0.2, 0.25) is 5.02 Å². The second kappa shape index (κ2) is 10.8. The second-order valence-corrected chi connectivity index (χ2v) is 7.43. The summed E-state index contributed by atoms with van der Waals surface area (Å²) in [6, 6.07) is 11.5. The molecule has 154 valence electrons. The molecule has 0 aliphatic heterocycles. The smallest absolute Gasteiger partial charge is 0.311 e. The molecule has 0 aliphatic rings. The first-order chi connectivity index (χ1) is 12.7. The van der Waals surface area contributed by atoms with Crippen LogP contribution in [-0.2, 0) is 16.0 Å². The molecule has 2 aromatic rings. The quantitative estimate of drug-likeness (QED) is 0.590. The van der Waals surface area contributed by atoms with E-state index in [1.54, 1.807) is 13.0 Å². The van der Waals surface area contributed by atoms with Crippen molar-refractivity contribution in [2.24, 2.45) is 11.1 Å². The number of aliphatic carboxylic acids is 1. The van der Waals surface area contributed by atoms with Crippen molar-refractivity contribution in [3.05, 3.63) is 58.9 Å². The molecule has 2 aromatic carbocycles. The lowest BCUT2D eigenvalue weighted by Gasteiger charge is -2.27. The van der Waals surface area contributed by atoms with E-state index in [9.17, 15) is 14.3 Å². The summed E-state index contributed by atoms with van der Waals surface area (Å²) in [4.78, 5) is 11.6. The molecule has 0 aromatic heterocycles. The van der Waals surface area contributed by atoms with E-state index in [1.165, 1.54) is 12.1 Å². The Hall–Kier alpha value is -1.66. The summed E-state index contributed by atoms with van der Waals surface area (Å²) in [6.07, 6.45) is 0.820. The summed E-state index contributed by atoms with van der Waals surface area (Å²) < 4.78 is 19.3. The molecule has 28 heavy (non-hydrogen) atoms. The fraction of sp³-hybridized carbons (Fsp3) is 0.381. The molecule has 0 saturated heterocycles. The molecule has 0 aliphatic carbocycles. The average Bonchev–Trinajstić information content (AvgIpc) is 2.62. The fourth-order valence-electron chi connectivity index (χ4n) is 3.03. The summed E-state index contributed by atoms with van der Waals surface area (Å²) >= 11 is 5.95. The van der Waals surface area contributed by atoms with Crippen LogP contribution in [0.4, 0.5) is 4.39 Å². The van der Waals surface area contributed by atoms with E-state index in [0.29, 0.717) is 30.0 Å². The van der Waals surface area contributed by atoms with Crippen molar-refractivity contribution in [1.29, 1.82) is 0 Å². The molecule has 2 rings (SSSR count). The van der Waals surface area contributed by atoms with Gasteiger partial charge in [0.25, 0.3) is 0 Å². The molecular formula is C21H26Cl2FNO3. The lowest BCUT2D eigenvalue weighted by Crippen LogP contribution is -2.40. The number of nitrogens with two attached hydrogens (primary N) is 1. The van der Waals surface area contributed by atoms with Gasteiger partial charge in [0, 0.05) is 23.2 Å². The summed E-state index contributed by atoms with van der Waals surface area (Å²) in [7, 11) is 0. The minimum atomic E-state index is -1.03. The maximum absolute atomic E-state index is 14.0. The Bertz CT molecular complexity index is 786. The van der Waals surface area contributed by atoms with E-state index in [2.05, 4.69) is 0 Å². The lowest BCUT2D eigenvalue weighted by atomic mass is 9.83. The summed E-state index contributed by atoms with van der Waals surface area (Å²) in [5.41, 5.74) is 7.29. The summed E-state index contributed by atoms with van der Waals surface area (Å²) in [5, 5.41) is 9.98. The predicted molar refractivity (Wildman–Crippen MR) is 113 cm³/mol. The Morgan fingerprint density at radius 3 is 2.50 bits per heavy atom. The number of halogens is 3. The molecule has 4 nitrogen and oxygen atoms in total. The molecule has 0 bridgehead atoms. The van der Waals surface area contributed by atoms with Crippen molar-refractivity contribution in [2.45, 2.75) is 32.7 Å². The predicted octanol–water partition coefficient (Wildman–Crippen LogP) is 4.96. The zero-order valence-electron chi connectivity index (χ0n) is 16.0. The van der Waals surface area contributed by atoms with Gasteiger partial charge in [-0.2, -0.15) is 0 Å². The Balaban J connectivity index is 0.00000392. The zero-order valence-corrected chi connectivity index (χ0v) is 17.5. The highest BCUT2D eigenvalue weighted by molar-refractivity contribution is 6.30. The largest absolute Gasteiger partial charge is 0.481 e. The number of hydrogen-bond donors (Lipinski definition) is 2. The third kappa shape index (κ3) is 6.45. The van der Waals surface area contributed by atoms with Gasteiger partial charge in [0.2, 0.25) is 0 Å². The molecular weight excluding hydrogens is 404 g/mol. The van der Waals surface area contributed by atoms with Gasteiger partial charge in [-0.25, -0.2) is 4.39 Å². The van der Waals surface area contributed by atoms with Gasteiger partial charge in [-0.05, 0) is 56.0 Å². The number of benzene rings is 2. The number of carboxylic acid groups (broad SMARTS) is 1. The van der Waals surface area contributed by atoms with Crippen LogP contribution < -0.4 is 5.73 Å². The third-order valence-electron chi connectivity index (χ3n) is 4.55. The zero-order chi connectivity index (χ0) is 20.0. The molecule has 0 amide bonds. The molecule has 7 heteroatoms. The highest BCUT2D eigenvalue weighted by Crippen LogP contribution is 2.28. The van der Waals surface area contributed by atoms with Gasteiger partial charge in [0.15, 0.2) is 0 Å². The molecule has 0 heterocycles. The summed E-state index contributed by atoms with van der Waals surface area (Å²) in [5.74, 6) is -1.25. The van der Waals surface area contributed by atoms with Gasteiger partial charge < -0.3 is 15.6 Å². The van der Waals surface area contributed by atoms with Gasteiger partial charge in [-0.1, -0.05) is 35.9 Å². The van der Waals surface area contributed by atoms with Gasteiger partial charge >= 0.3 is 5.97 Å². The SMILES string of the molecule is CCOC[C@](C)(C[C@H](N)Cc1ccc(-c2cc(Cl)ccc2F)cc1)C(=O)O.Cl. The molecule has 0 radical (unpaired) electrons. The molecule has 0 unspecified atom stereocenters. The van der Waals surface area contributed by atoms with Crippen molar-refractivity contribution in [3.8, 4) is 11.1 Å². The molecule has 0 saturated carbocycles. The number of carbonyl (C=O) groups is 1. The van der Waals surface area contributed by atoms with Gasteiger partial charge in [0.1, 0.15) is 5.82 Å². The van der Waals surface area contributed by atoms with Crippen molar-refractivity contribution in [1.82, 2.24) is 0 Å². The second-order valence-electron chi connectivity index (χ2n) is 6.99. The first-order valence-corrected chi connectivity index (χ1v) is 9.24. The van der Waals surface area contributed by atoms with E-state index >= 15 is 0 Å². The normalized spacial score (nSPS) is 14.0. The monoisotopic (exact) mass is 429 g/mol. The number of rotatable bonds is 9. The first kappa shape index (κ1) is 24.4. The van der Waals surface area contributed by atoms with Crippen LogP contribution in [0, 0.1) is 11.2 Å². The standard InChI is InChI=1S/C21H25ClFNO3.ClH/c1-3-27-13-21(2,20(25)26)12-17(24)10-14-4-6-15(7-5-14)18-11-16(22)8-9-19(18)23;/h4-9,11,17H,3,10,12-13,24H2,1-2H3,(H,25,26);1H/t17-,21+;/m1./s1. The van der Waals surface area contributed by atoms with Gasteiger partial charge in [0.05, 0.1) is 12.0 Å². The lowest BCUT2D eigenvalue weighted by molar-refractivity contribution is -0.152. The van der Waals surface area contributed by atoms with Crippen molar-refractivity contribution >= 4 is 30.0 Å². The molecule has 0 spiro atoms. The average molecular weight is 430 g/mol. The van der Waals surface area contributed by atoms with E-state index in [1.807, 2.05) is 31.2 Å². The van der Waals surface area contributed by atoms with Crippen LogP contribution in [0.3, 0.4) is 0 Å². The van der Waals surface area contributed by atoms with Gasteiger partial charge in [-0.3, -0.25) is 4.79 Å². The van der Waals surface area contributed by atoms with Crippen LogP contribution in [0.25, 0.3) is 11.1 Å². The van der Waals surface area contributed by atoms with Crippen molar-refractivity contribution in [3.63, 3.8) is 0 Å². The highest BCUT2D eigenvalue weighted by atomic mass is 35.5.